The van der Waals surface area contributed by atoms with Crippen LogP contribution in [-0.2, 0) is 13.0 Å². The van der Waals surface area contributed by atoms with E-state index in [4.69, 9.17) is 4.99 Å². The Morgan fingerprint density at radius 3 is 2.36 bits per heavy atom. The maximum absolute atomic E-state index is 4.69. The van der Waals surface area contributed by atoms with Gasteiger partial charge in [-0.2, -0.15) is 0 Å². The Morgan fingerprint density at radius 1 is 1.09 bits per heavy atom. The van der Waals surface area contributed by atoms with Crippen molar-refractivity contribution in [2.45, 2.75) is 19.4 Å². The quantitative estimate of drug-likeness (QED) is 0.326. The van der Waals surface area contributed by atoms with E-state index in [9.17, 15) is 0 Å². The Kier molecular flexibility index (Phi) is 8.17. The second kappa shape index (κ2) is 9.35. The molecule has 1 aliphatic rings. The molecule has 0 aliphatic carbocycles. The first kappa shape index (κ1) is 19.2. The van der Waals surface area contributed by atoms with Gasteiger partial charge in [0.2, 0.25) is 0 Å². The third-order valence-electron chi connectivity index (χ3n) is 3.90. The molecule has 0 unspecified atom stereocenters. The van der Waals surface area contributed by atoms with Gasteiger partial charge in [-0.3, -0.25) is 9.89 Å². The van der Waals surface area contributed by atoms with Gasteiger partial charge in [-0.15, -0.1) is 24.0 Å². The van der Waals surface area contributed by atoms with Crippen molar-refractivity contribution < 1.29 is 0 Å². The van der Waals surface area contributed by atoms with Crippen LogP contribution in [0, 0.1) is 0 Å². The lowest BCUT2D eigenvalue weighted by molar-refractivity contribution is 0.252. The molecule has 0 aromatic heterocycles. The van der Waals surface area contributed by atoms with Gasteiger partial charge in [0.05, 0.1) is 0 Å². The minimum atomic E-state index is 0. The summed E-state index contributed by atoms with van der Waals surface area (Å²) in [7, 11) is 8.17. The molecule has 0 radical (unpaired) electrons. The molecule has 0 bridgehead atoms. The lowest BCUT2D eigenvalue weighted by atomic mass is 10.00. The number of guanidine groups is 1. The molecule has 0 spiro atoms. The lowest BCUT2D eigenvalue weighted by Crippen LogP contribution is -2.36. The Labute approximate surface area is 152 Å². The number of nitrogens with zero attached hydrogens (tertiary/aromatic N) is 4. The molecule has 2 rings (SSSR count). The van der Waals surface area contributed by atoms with Crippen molar-refractivity contribution >= 4 is 29.9 Å². The third-order valence-corrected chi connectivity index (χ3v) is 3.90. The third kappa shape index (κ3) is 5.43. The van der Waals surface area contributed by atoms with Gasteiger partial charge in [0.1, 0.15) is 0 Å². The van der Waals surface area contributed by atoms with Crippen molar-refractivity contribution in [1.29, 1.82) is 0 Å². The minimum absolute atomic E-state index is 0. The zero-order chi connectivity index (χ0) is 15.2. The van der Waals surface area contributed by atoms with Crippen LogP contribution in [0.4, 0.5) is 0 Å². The molecular weight excluding hydrogens is 387 g/mol. The van der Waals surface area contributed by atoms with Crippen molar-refractivity contribution in [2.75, 3.05) is 47.8 Å². The van der Waals surface area contributed by atoms with Crippen LogP contribution in [0.25, 0.3) is 0 Å². The van der Waals surface area contributed by atoms with Gasteiger partial charge >= 0.3 is 0 Å². The molecule has 0 N–H and O–H groups in total. The summed E-state index contributed by atoms with van der Waals surface area (Å²) in [6.45, 7) is 4.29. The van der Waals surface area contributed by atoms with Crippen LogP contribution in [0.3, 0.4) is 0 Å². The van der Waals surface area contributed by atoms with Crippen LogP contribution in [0.2, 0.25) is 0 Å². The van der Waals surface area contributed by atoms with Gasteiger partial charge in [-0.25, -0.2) is 0 Å². The fraction of sp³-hybridized carbons (Fsp3) is 0.588. The van der Waals surface area contributed by atoms with E-state index in [2.05, 4.69) is 39.0 Å². The van der Waals surface area contributed by atoms with Crippen LogP contribution >= 0.6 is 24.0 Å². The van der Waals surface area contributed by atoms with Crippen LogP contribution in [0.1, 0.15) is 17.5 Å². The predicted octanol–water partition coefficient (Wildman–Crippen LogP) is 2.53. The standard InChI is InChI=1S/C17H28N4.HI/c1-19(2)17(20(3)4)18-11-7-12-21-13-10-15-8-5-6-9-16(15)14-21;/h5-6,8-9H,7,10-14H2,1-4H3;1H. The zero-order valence-corrected chi connectivity index (χ0v) is 16.6. The second-order valence-electron chi connectivity index (χ2n) is 6.12. The summed E-state index contributed by atoms with van der Waals surface area (Å²) in [5.41, 5.74) is 3.02. The number of rotatable bonds is 4. The smallest absolute Gasteiger partial charge is 0.195 e. The van der Waals surface area contributed by atoms with E-state index in [1.807, 2.05) is 28.2 Å². The normalized spacial score (nSPS) is 13.8. The number of fused-ring (bicyclic) bond motifs is 1. The van der Waals surface area contributed by atoms with E-state index in [0.717, 1.165) is 32.0 Å². The van der Waals surface area contributed by atoms with Crippen LogP contribution in [0.15, 0.2) is 29.3 Å². The molecule has 0 saturated carbocycles. The number of halogens is 1. The fourth-order valence-corrected chi connectivity index (χ4v) is 2.90. The van der Waals surface area contributed by atoms with Gasteiger partial charge in [-0.05, 0) is 24.0 Å². The van der Waals surface area contributed by atoms with Crippen LogP contribution in [-0.4, -0.2) is 68.5 Å². The average Bonchev–Trinajstić information content (AvgIpc) is 2.46. The maximum Gasteiger partial charge on any atom is 0.195 e. The first-order chi connectivity index (χ1) is 10.1. The molecule has 0 fully saturated rings. The second-order valence-corrected chi connectivity index (χ2v) is 6.12. The monoisotopic (exact) mass is 416 g/mol. The number of hydrogen-bond acceptors (Lipinski definition) is 2. The summed E-state index contributed by atoms with van der Waals surface area (Å²) in [4.78, 5) is 11.4. The van der Waals surface area contributed by atoms with Crippen molar-refractivity contribution in [1.82, 2.24) is 14.7 Å². The highest BCUT2D eigenvalue weighted by Crippen LogP contribution is 2.18. The van der Waals surface area contributed by atoms with E-state index >= 15 is 0 Å². The van der Waals surface area contributed by atoms with E-state index in [1.165, 1.54) is 24.1 Å². The molecule has 0 atom stereocenters. The highest BCUT2D eigenvalue weighted by atomic mass is 127. The molecule has 22 heavy (non-hydrogen) atoms. The van der Waals surface area contributed by atoms with E-state index in [-0.39, 0.29) is 24.0 Å². The van der Waals surface area contributed by atoms with Gasteiger partial charge < -0.3 is 9.80 Å². The molecule has 1 heterocycles. The van der Waals surface area contributed by atoms with Gasteiger partial charge in [0.25, 0.3) is 0 Å². The Hall–Kier alpha value is -0.820. The SMILES string of the molecule is CN(C)C(=NCCCN1CCc2ccccc2C1)N(C)C.I. The first-order valence-electron chi connectivity index (χ1n) is 7.76. The molecule has 5 heteroatoms. The van der Waals surface area contributed by atoms with Gasteiger partial charge in [0, 0.05) is 54.4 Å². The van der Waals surface area contributed by atoms with Crippen molar-refractivity contribution in [3.8, 4) is 0 Å². The summed E-state index contributed by atoms with van der Waals surface area (Å²) in [5.74, 6) is 1.04. The van der Waals surface area contributed by atoms with Crippen LogP contribution < -0.4 is 0 Å². The summed E-state index contributed by atoms with van der Waals surface area (Å²) in [6.07, 6.45) is 2.30. The highest BCUT2D eigenvalue weighted by Gasteiger charge is 2.14. The van der Waals surface area contributed by atoms with E-state index in [1.54, 1.807) is 0 Å². The largest absolute Gasteiger partial charge is 0.349 e. The summed E-state index contributed by atoms with van der Waals surface area (Å²) in [5, 5.41) is 0. The number of hydrogen-bond donors (Lipinski definition) is 0. The van der Waals surface area contributed by atoms with Gasteiger partial charge in [-0.1, -0.05) is 24.3 Å². The molecule has 1 aromatic carbocycles. The lowest BCUT2D eigenvalue weighted by Gasteiger charge is -2.28. The summed E-state index contributed by atoms with van der Waals surface area (Å²) in [6, 6.07) is 8.81. The first-order valence-corrected chi connectivity index (χ1v) is 7.76. The Morgan fingerprint density at radius 2 is 1.73 bits per heavy atom. The molecule has 1 aliphatic heterocycles. The fourth-order valence-electron chi connectivity index (χ4n) is 2.90. The molecule has 0 amide bonds. The zero-order valence-electron chi connectivity index (χ0n) is 14.2. The van der Waals surface area contributed by atoms with Crippen molar-refractivity contribution in [3.05, 3.63) is 35.4 Å². The highest BCUT2D eigenvalue weighted by molar-refractivity contribution is 14.0. The molecule has 4 nitrogen and oxygen atoms in total. The van der Waals surface area contributed by atoms with Crippen LogP contribution in [0.5, 0.6) is 0 Å². The maximum atomic E-state index is 4.69. The summed E-state index contributed by atoms with van der Waals surface area (Å²) < 4.78 is 0. The molecule has 0 saturated heterocycles. The number of benzene rings is 1. The topological polar surface area (TPSA) is 22.1 Å². The molecule has 124 valence electrons. The average molecular weight is 416 g/mol. The Bertz CT molecular complexity index is 475. The number of aliphatic imine (C=N–C) groups is 1. The molecule has 1 aromatic rings. The van der Waals surface area contributed by atoms with E-state index < -0.39 is 0 Å². The minimum Gasteiger partial charge on any atom is -0.349 e. The van der Waals surface area contributed by atoms with Crippen molar-refractivity contribution in [2.24, 2.45) is 4.99 Å². The summed E-state index contributed by atoms with van der Waals surface area (Å²) >= 11 is 0. The van der Waals surface area contributed by atoms with Gasteiger partial charge in [0.15, 0.2) is 5.96 Å². The molecular formula is C17H29IN4. The van der Waals surface area contributed by atoms with E-state index in [0.29, 0.717) is 0 Å². The van der Waals surface area contributed by atoms with Crippen molar-refractivity contribution in [3.63, 3.8) is 0 Å². The predicted molar refractivity (Wildman–Crippen MR) is 105 cm³/mol. The Balaban J connectivity index is 0.00000242.